The largest absolute Gasteiger partial charge is 0.393 e. The third-order valence-electron chi connectivity index (χ3n) is 3.28. The minimum absolute atomic E-state index is 0.0568. The lowest BCUT2D eigenvalue weighted by molar-refractivity contribution is 0.594. The van der Waals surface area contributed by atoms with Crippen molar-refractivity contribution in [3.8, 4) is 0 Å². The van der Waals surface area contributed by atoms with Crippen molar-refractivity contribution >= 4 is 27.0 Å². The molecule has 0 saturated heterocycles. The normalized spacial score (nSPS) is 27.7. The summed E-state index contributed by atoms with van der Waals surface area (Å²) < 4.78 is 23.9. The third-order valence-corrected chi connectivity index (χ3v) is 5.78. The number of rotatable bonds is 4. The van der Waals surface area contributed by atoms with Crippen molar-refractivity contribution in [3.63, 3.8) is 0 Å². The minimum Gasteiger partial charge on any atom is -0.393 e. The first kappa shape index (κ1) is 12.5. The van der Waals surface area contributed by atoms with E-state index in [1.54, 1.807) is 6.92 Å². The second-order valence-electron chi connectivity index (χ2n) is 4.28. The van der Waals surface area contributed by atoms with Crippen LogP contribution in [-0.2, 0) is 9.84 Å². The Morgan fingerprint density at radius 2 is 1.94 bits per heavy atom. The summed E-state index contributed by atoms with van der Waals surface area (Å²) in [6.07, 6.45) is 0. The van der Waals surface area contributed by atoms with Crippen molar-refractivity contribution in [3.05, 3.63) is 35.9 Å². The Morgan fingerprint density at radius 3 is 2.41 bits per heavy atom. The lowest BCUT2D eigenvalue weighted by Crippen LogP contribution is -2.18. The summed E-state index contributed by atoms with van der Waals surface area (Å²) in [6, 6.07) is 9.58. The van der Waals surface area contributed by atoms with Crippen LogP contribution in [0.1, 0.15) is 18.4 Å². The average Bonchev–Trinajstić information content (AvgIpc) is 3.06. The number of hydrogen-bond acceptors (Lipinski definition) is 3. The maximum Gasteiger partial charge on any atom is 0.154 e. The SMILES string of the molecule is CCS(=O)(=O)[C@@H]1[C@H](C(N)=S)[C@@H]1c1ccccc1. The van der Waals surface area contributed by atoms with Gasteiger partial charge in [-0.05, 0) is 5.56 Å². The van der Waals surface area contributed by atoms with Gasteiger partial charge >= 0.3 is 0 Å². The summed E-state index contributed by atoms with van der Waals surface area (Å²) in [6.45, 7) is 1.66. The predicted octanol–water partition coefficient (Wildman–Crippen LogP) is 1.49. The van der Waals surface area contributed by atoms with Crippen LogP contribution in [-0.4, -0.2) is 24.4 Å². The van der Waals surface area contributed by atoms with Crippen LogP contribution in [0.2, 0.25) is 0 Å². The van der Waals surface area contributed by atoms with E-state index < -0.39 is 15.1 Å². The van der Waals surface area contributed by atoms with Crippen molar-refractivity contribution in [1.82, 2.24) is 0 Å². The molecule has 1 aliphatic rings. The van der Waals surface area contributed by atoms with Gasteiger partial charge in [-0.2, -0.15) is 0 Å². The van der Waals surface area contributed by atoms with Gasteiger partial charge in [0.25, 0.3) is 0 Å². The molecule has 0 bridgehead atoms. The number of nitrogens with two attached hydrogens (primary N) is 1. The van der Waals surface area contributed by atoms with Crippen LogP contribution >= 0.6 is 12.2 Å². The highest BCUT2D eigenvalue weighted by atomic mass is 32.2. The quantitative estimate of drug-likeness (QED) is 0.841. The Labute approximate surface area is 107 Å². The Kier molecular flexibility index (Phi) is 3.23. The van der Waals surface area contributed by atoms with Crippen molar-refractivity contribution in [2.75, 3.05) is 5.75 Å². The summed E-state index contributed by atoms with van der Waals surface area (Å²) in [5, 5.41) is -0.424. The van der Waals surface area contributed by atoms with E-state index in [0.717, 1.165) is 5.56 Å². The fourth-order valence-corrected chi connectivity index (χ4v) is 4.54. The van der Waals surface area contributed by atoms with Gasteiger partial charge < -0.3 is 5.73 Å². The Hall–Kier alpha value is -0.940. The van der Waals surface area contributed by atoms with E-state index in [-0.39, 0.29) is 17.6 Å². The zero-order valence-corrected chi connectivity index (χ0v) is 11.2. The molecule has 0 amide bonds. The molecule has 2 N–H and O–H groups in total. The highest BCUT2D eigenvalue weighted by Crippen LogP contribution is 2.52. The monoisotopic (exact) mass is 269 g/mol. The molecule has 3 nitrogen and oxygen atoms in total. The van der Waals surface area contributed by atoms with Crippen LogP contribution in [0.3, 0.4) is 0 Å². The van der Waals surface area contributed by atoms with Crippen molar-refractivity contribution in [2.45, 2.75) is 18.1 Å². The topological polar surface area (TPSA) is 60.2 Å². The predicted molar refractivity (Wildman–Crippen MR) is 72.7 cm³/mol. The second kappa shape index (κ2) is 4.38. The van der Waals surface area contributed by atoms with Crippen molar-refractivity contribution < 1.29 is 8.42 Å². The van der Waals surface area contributed by atoms with E-state index in [9.17, 15) is 8.42 Å². The number of benzene rings is 1. The van der Waals surface area contributed by atoms with E-state index in [1.807, 2.05) is 30.3 Å². The summed E-state index contributed by atoms with van der Waals surface area (Å²) in [4.78, 5) is 0.306. The number of thiocarbonyl (C=S) groups is 1. The third kappa shape index (κ3) is 2.21. The Morgan fingerprint density at radius 1 is 1.35 bits per heavy atom. The Balaban J connectivity index is 2.34. The van der Waals surface area contributed by atoms with Crippen LogP contribution in [0.25, 0.3) is 0 Å². The first-order valence-corrected chi connectivity index (χ1v) is 7.67. The minimum atomic E-state index is -3.08. The molecule has 1 aromatic rings. The molecule has 0 aliphatic heterocycles. The maximum absolute atomic E-state index is 11.9. The van der Waals surface area contributed by atoms with Gasteiger partial charge in [0.15, 0.2) is 9.84 Å². The van der Waals surface area contributed by atoms with Gasteiger partial charge in [0.2, 0.25) is 0 Å². The molecule has 0 radical (unpaired) electrons. The second-order valence-corrected chi connectivity index (χ2v) is 7.20. The fraction of sp³-hybridized carbons (Fsp3) is 0.417. The average molecular weight is 269 g/mol. The maximum atomic E-state index is 11.9. The molecule has 0 unspecified atom stereocenters. The molecular weight excluding hydrogens is 254 g/mol. The zero-order chi connectivity index (χ0) is 12.6. The summed E-state index contributed by atoms with van der Waals surface area (Å²) >= 11 is 4.97. The molecule has 1 aliphatic carbocycles. The van der Waals surface area contributed by atoms with E-state index >= 15 is 0 Å². The van der Waals surface area contributed by atoms with Gasteiger partial charge in [-0.25, -0.2) is 8.42 Å². The van der Waals surface area contributed by atoms with Gasteiger partial charge in [0.1, 0.15) is 0 Å². The van der Waals surface area contributed by atoms with Gasteiger partial charge in [-0.15, -0.1) is 0 Å². The van der Waals surface area contributed by atoms with Crippen LogP contribution < -0.4 is 5.73 Å². The highest BCUT2D eigenvalue weighted by molar-refractivity contribution is 7.92. The molecule has 1 saturated carbocycles. The first-order valence-electron chi connectivity index (χ1n) is 5.55. The van der Waals surface area contributed by atoms with Crippen LogP contribution in [0, 0.1) is 5.92 Å². The molecule has 0 aromatic heterocycles. The molecule has 17 heavy (non-hydrogen) atoms. The smallest absolute Gasteiger partial charge is 0.154 e. The van der Waals surface area contributed by atoms with E-state index in [2.05, 4.69) is 0 Å². The standard InChI is InChI=1S/C12H15NO2S2/c1-2-17(14,15)11-9(10(11)12(13)16)8-6-4-3-5-7-8/h3-7,9-11H,2H2,1H3,(H2,13,16)/t9-,10+,11-/m0/s1. The molecule has 1 aromatic carbocycles. The highest BCUT2D eigenvalue weighted by Gasteiger charge is 2.59. The van der Waals surface area contributed by atoms with Crippen molar-refractivity contribution in [1.29, 1.82) is 0 Å². The first-order chi connectivity index (χ1) is 7.99. The Bertz CT molecular complexity index is 525. The van der Waals surface area contributed by atoms with Crippen molar-refractivity contribution in [2.24, 2.45) is 11.7 Å². The summed E-state index contributed by atoms with van der Waals surface area (Å²) in [5.41, 5.74) is 6.64. The molecule has 3 atom stereocenters. The summed E-state index contributed by atoms with van der Waals surface area (Å²) in [7, 11) is -3.08. The van der Waals surface area contributed by atoms with Gasteiger partial charge in [-0.1, -0.05) is 49.5 Å². The van der Waals surface area contributed by atoms with Crippen LogP contribution in [0.5, 0.6) is 0 Å². The van der Waals surface area contributed by atoms with Gasteiger partial charge in [0, 0.05) is 17.6 Å². The molecule has 0 spiro atoms. The number of hydrogen-bond donors (Lipinski definition) is 1. The van der Waals surface area contributed by atoms with Gasteiger partial charge in [0.05, 0.1) is 10.2 Å². The van der Waals surface area contributed by atoms with E-state index in [4.69, 9.17) is 18.0 Å². The molecule has 5 heteroatoms. The molecule has 2 rings (SSSR count). The molecule has 1 fully saturated rings. The molecule has 92 valence electrons. The summed E-state index contributed by atoms with van der Waals surface area (Å²) in [5.74, 6) is -0.115. The lowest BCUT2D eigenvalue weighted by Gasteiger charge is -1.99. The lowest BCUT2D eigenvalue weighted by atomic mass is 10.1. The fourth-order valence-electron chi connectivity index (χ4n) is 2.33. The number of sulfone groups is 1. The van der Waals surface area contributed by atoms with Crippen LogP contribution in [0.15, 0.2) is 30.3 Å². The van der Waals surface area contributed by atoms with E-state index in [1.165, 1.54) is 0 Å². The molecular formula is C12H15NO2S2. The zero-order valence-electron chi connectivity index (χ0n) is 9.54. The van der Waals surface area contributed by atoms with E-state index in [0.29, 0.717) is 4.99 Å². The van der Waals surface area contributed by atoms with Gasteiger partial charge in [-0.3, -0.25) is 0 Å². The molecule has 0 heterocycles. The van der Waals surface area contributed by atoms with Crippen LogP contribution in [0.4, 0.5) is 0 Å².